The van der Waals surface area contributed by atoms with Gasteiger partial charge in [0.15, 0.2) is 11.5 Å². The molecule has 170 valence electrons. The Morgan fingerprint density at radius 1 is 1.06 bits per heavy atom. The van der Waals surface area contributed by atoms with Gasteiger partial charge in [-0.25, -0.2) is 8.42 Å². The van der Waals surface area contributed by atoms with Crippen LogP contribution >= 0.6 is 0 Å². The molecule has 7 nitrogen and oxygen atoms in total. The zero-order chi connectivity index (χ0) is 23.0. The van der Waals surface area contributed by atoms with Gasteiger partial charge in [0.2, 0.25) is 15.9 Å². The second kappa shape index (κ2) is 11.2. The van der Waals surface area contributed by atoms with Gasteiger partial charge in [-0.2, -0.15) is 4.72 Å². The Balaban J connectivity index is 2.12. The summed E-state index contributed by atoms with van der Waals surface area (Å²) in [5.41, 5.74) is 0.988. The quantitative estimate of drug-likeness (QED) is 0.571. The highest BCUT2D eigenvalue weighted by atomic mass is 32.2. The summed E-state index contributed by atoms with van der Waals surface area (Å²) >= 11 is 0. The van der Waals surface area contributed by atoms with E-state index in [0.29, 0.717) is 30.9 Å². The summed E-state index contributed by atoms with van der Waals surface area (Å²) in [5.74, 6) is 0.855. The van der Waals surface area contributed by atoms with Crippen LogP contribution in [0.15, 0.2) is 53.4 Å². The molecule has 0 saturated carbocycles. The van der Waals surface area contributed by atoms with Gasteiger partial charge in [0.05, 0.1) is 19.1 Å². The van der Waals surface area contributed by atoms with E-state index in [4.69, 9.17) is 9.47 Å². The van der Waals surface area contributed by atoms with Gasteiger partial charge in [-0.3, -0.25) is 4.79 Å². The first-order chi connectivity index (χ1) is 14.7. The van der Waals surface area contributed by atoms with Crippen LogP contribution in [0.3, 0.4) is 0 Å². The number of rotatable bonds is 11. The number of carbonyl (C=O) groups is 1. The molecular weight excluding hydrogens is 416 g/mol. The lowest BCUT2D eigenvalue weighted by atomic mass is 9.99. The molecule has 0 aliphatic carbocycles. The molecule has 2 rings (SSSR count). The molecule has 31 heavy (non-hydrogen) atoms. The molecule has 8 heteroatoms. The van der Waals surface area contributed by atoms with E-state index in [0.717, 1.165) is 5.56 Å². The predicted molar refractivity (Wildman–Crippen MR) is 121 cm³/mol. The maximum Gasteiger partial charge on any atom is 0.241 e. The number of amides is 1. The largest absolute Gasteiger partial charge is 0.493 e. The first kappa shape index (κ1) is 24.7. The molecule has 0 radical (unpaired) electrons. The summed E-state index contributed by atoms with van der Waals surface area (Å²) in [5, 5.41) is 0. The molecule has 0 saturated heterocycles. The van der Waals surface area contributed by atoms with Crippen LogP contribution in [0.1, 0.15) is 25.8 Å². The van der Waals surface area contributed by atoms with Gasteiger partial charge in [0.25, 0.3) is 0 Å². The van der Waals surface area contributed by atoms with Gasteiger partial charge in [0.1, 0.15) is 6.04 Å². The van der Waals surface area contributed by atoms with Gasteiger partial charge in [-0.1, -0.05) is 44.5 Å². The Kier molecular flexibility index (Phi) is 8.88. The number of ether oxygens (including phenoxy) is 2. The van der Waals surface area contributed by atoms with Crippen LogP contribution < -0.4 is 14.2 Å². The highest BCUT2D eigenvalue weighted by Gasteiger charge is 2.31. The minimum atomic E-state index is -3.80. The van der Waals surface area contributed by atoms with Crippen molar-refractivity contribution in [2.45, 2.75) is 37.6 Å². The molecular formula is C23H32N2O5S. The first-order valence-corrected chi connectivity index (χ1v) is 11.7. The Labute approximate surface area is 185 Å². The van der Waals surface area contributed by atoms with Crippen molar-refractivity contribution < 1.29 is 22.7 Å². The van der Waals surface area contributed by atoms with Crippen molar-refractivity contribution >= 4 is 15.9 Å². The van der Waals surface area contributed by atoms with Crippen molar-refractivity contribution in [3.8, 4) is 11.5 Å². The van der Waals surface area contributed by atoms with Crippen LogP contribution in [0.25, 0.3) is 0 Å². The highest BCUT2D eigenvalue weighted by Crippen LogP contribution is 2.27. The third-order valence-corrected chi connectivity index (χ3v) is 6.83. The lowest BCUT2D eigenvalue weighted by molar-refractivity contribution is -0.132. The molecule has 0 spiro atoms. The normalized spacial score (nSPS) is 13.3. The van der Waals surface area contributed by atoms with E-state index in [-0.39, 0.29) is 16.7 Å². The Bertz CT molecular complexity index is 963. The topological polar surface area (TPSA) is 84.9 Å². The molecule has 0 aliphatic heterocycles. The van der Waals surface area contributed by atoms with Crippen molar-refractivity contribution in [1.29, 1.82) is 0 Å². The van der Waals surface area contributed by atoms with E-state index in [9.17, 15) is 13.2 Å². The van der Waals surface area contributed by atoms with E-state index in [1.165, 1.54) is 12.1 Å². The van der Waals surface area contributed by atoms with E-state index in [2.05, 4.69) is 4.72 Å². The fourth-order valence-corrected chi connectivity index (χ4v) is 4.48. The van der Waals surface area contributed by atoms with Gasteiger partial charge in [-0.15, -0.1) is 0 Å². The summed E-state index contributed by atoms with van der Waals surface area (Å²) in [7, 11) is 1.04. The molecule has 0 bridgehead atoms. The Morgan fingerprint density at radius 3 is 2.29 bits per heavy atom. The fourth-order valence-electron chi connectivity index (χ4n) is 3.16. The Morgan fingerprint density at radius 2 is 1.71 bits per heavy atom. The van der Waals surface area contributed by atoms with Crippen LogP contribution in [-0.4, -0.2) is 53.1 Å². The smallest absolute Gasteiger partial charge is 0.241 e. The average Bonchev–Trinajstić information content (AvgIpc) is 2.80. The van der Waals surface area contributed by atoms with E-state index >= 15 is 0 Å². The van der Waals surface area contributed by atoms with Crippen molar-refractivity contribution in [1.82, 2.24) is 9.62 Å². The number of sulfonamides is 1. The van der Waals surface area contributed by atoms with Crippen molar-refractivity contribution in [2.24, 2.45) is 5.92 Å². The monoisotopic (exact) mass is 448 g/mol. The van der Waals surface area contributed by atoms with Crippen molar-refractivity contribution in [3.63, 3.8) is 0 Å². The van der Waals surface area contributed by atoms with Crippen molar-refractivity contribution in [2.75, 3.05) is 27.8 Å². The second-order valence-electron chi connectivity index (χ2n) is 7.50. The standard InChI is InChI=1S/C23H32N2O5S/c1-6-17(2)22(24-31(27,28)19-10-8-7-9-11-19)23(26)25(3)15-14-18-12-13-20(29-4)21(16-18)30-5/h7-13,16-17,22,24H,6,14-15H2,1-5H3. The lowest BCUT2D eigenvalue weighted by Crippen LogP contribution is -2.50. The maximum absolute atomic E-state index is 13.2. The number of carbonyl (C=O) groups excluding carboxylic acids is 1. The predicted octanol–water partition coefficient (Wildman–Crippen LogP) is 3.10. The molecule has 2 atom stereocenters. The van der Waals surface area contributed by atoms with Crippen LogP contribution in [0, 0.1) is 5.92 Å². The number of nitrogens with zero attached hydrogens (tertiary/aromatic N) is 1. The fraction of sp³-hybridized carbons (Fsp3) is 0.435. The van der Waals surface area contributed by atoms with Gasteiger partial charge in [-0.05, 0) is 42.2 Å². The van der Waals surface area contributed by atoms with Crippen LogP contribution in [0.5, 0.6) is 11.5 Å². The summed E-state index contributed by atoms with van der Waals surface area (Å²) in [6, 6.07) is 12.9. The van der Waals surface area contributed by atoms with E-state index in [1.807, 2.05) is 32.0 Å². The molecule has 2 aromatic carbocycles. The molecule has 2 aromatic rings. The van der Waals surface area contributed by atoms with Crippen LogP contribution in [0.2, 0.25) is 0 Å². The molecule has 0 heterocycles. The molecule has 0 fully saturated rings. The molecule has 1 amide bonds. The molecule has 2 unspecified atom stereocenters. The number of methoxy groups -OCH3 is 2. The minimum Gasteiger partial charge on any atom is -0.493 e. The molecule has 0 aliphatic rings. The third kappa shape index (κ3) is 6.45. The van der Waals surface area contributed by atoms with Gasteiger partial charge in [0, 0.05) is 13.6 Å². The minimum absolute atomic E-state index is 0.143. The molecule has 1 N–H and O–H groups in total. The second-order valence-corrected chi connectivity index (χ2v) is 9.21. The Hall–Kier alpha value is -2.58. The summed E-state index contributed by atoms with van der Waals surface area (Å²) in [6.45, 7) is 4.25. The summed E-state index contributed by atoms with van der Waals surface area (Å²) in [6.07, 6.45) is 1.26. The third-order valence-electron chi connectivity index (χ3n) is 5.37. The zero-order valence-electron chi connectivity index (χ0n) is 18.8. The average molecular weight is 449 g/mol. The lowest BCUT2D eigenvalue weighted by Gasteiger charge is -2.28. The van der Waals surface area contributed by atoms with Crippen LogP contribution in [0.4, 0.5) is 0 Å². The zero-order valence-corrected chi connectivity index (χ0v) is 19.6. The van der Waals surface area contributed by atoms with Gasteiger partial charge < -0.3 is 14.4 Å². The number of hydrogen-bond donors (Lipinski definition) is 1. The summed E-state index contributed by atoms with van der Waals surface area (Å²) in [4.78, 5) is 14.9. The highest BCUT2D eigenvalue weighted by molar-refractivity contribution is 7.89. The van der Waals surface area contributed by atoms with Crippen molar-refractivity contribution in [3.05, 3.63) is 54.1 Å². The number of likely N-dealkylation sites (N-methyl/N-ethyl adjacent to an activating group) is 1. The van der Waals surface area contributed by atoms with Crippen LogP contribution in [-0.2, 0) is 21.2 Å². The number of nitrogens with one attached hydrogen (secondary N) is 1. The first-order valence-electron chi connectivity index (χ1n) is 10.3. The number of hydrogen-bond acceptors (Lipinski definition) is 5. The number of benzene rings is 2. The SMILES string of the molecule is CCC(C)C(NS(=O)(=O)c1ccccc1)C(=O)N(C)CCc1ccc(OC)c(OC)c1. The van der Waals surface area contributed by atoms with Gasteiger partial charge >= 0.3 is 0 Å². The maximum atomic E-state index is 13.2. The summed E-state index contributed by atoms with van der Waals surface area (Å²) < 4.78 is 38.8. The van der Waals surface area contributed by atoms with E-state index in [1.54, 1.807) is 44.4 Å². The van der Waals surface area contributed by atoms with E-state index < -0.39 is 16.1 Å². The molecule has 0 aromatic heterocycles.